The van der Waals surface area contributed by atoms with E-state index in [1.807, 2.05) is 72.8 Å². The van der Waals surface area contributed by atoms with Crippen LogP contribution in [0.15, 0.2) is 121 Å². The van der Waals surface area contributed by atoms with Gasteiger partial charge in [-0.3, -0.25) is 0 Å². The van der Waals surface area contributed by atoms with Gasteiger partial charge in [-0.1, -0.05) is 0 Å². The maximum atomic E-state index is 13.0. The molecule has 0 bridgehead atoms. The number of carbonyl (C=O) groups is 1. The van der Waals surface area contributed by atoms with Gasteiger partial charge in [-0.15, -0.1) is 0 Å². The Morgan fingerprint density at radius 1 is 0.727 bits per heavy atom. The molecule has 0 aliphatic carbocycles. The molecule has 1 N–H and O–H groups in total. The summed E-state index contributed by atoms with van der Waals surface area (Å²) in [4.78, 5) is 13.0. The van der Waals surface area contributed by atoms with Crippen LogP contribution in [0.25, 0.3) is 0 Å². The molecule has 4 aromatic carbocycles. The number of hydrogen-bond donors (Lipinski definition) is 1. The quantitative estimate of drug-likeness (QED) is 0.208. The van der Waals surface area contributed by atoms with E-state index in [9.17, 15) is 4.79 Å². The van der Waals surface area contributed by atoms with E-state index in [2.05, 4.69) is 53.8 Å². The van der Waals surface area contributed by atoms with E-state index in [0.29, 0.717) is 5.32 Å². The van der Waals surface area contributed by atoms with Crippen LogP contribution >= 0.6 is 0 Å². The Balaban J connectivity index is 1.83. The number of nitrogens with one attached hydrogen (secondary N) is 1. The summed E-state index contributed by atoms with van der Waals surface area (Å²) < 4.78 is 6.52. The molecule has 33 heavy (non-hydrogen) atoms. The SMILES string of the molecule is COC(=O)[C@H](C[Se]c1ccccc1)NC(c1ccccc1)(c1ccccc1)c1ccccc1. The summed E-state index contributed by atoms with van der Waals surface area (Å²) in [6.45, 7) is 0. The van der Waals surface area contributed by atoms with Gasteiger partial charge in [0.15, 0.2) is 0 Å². The van der Waals surface area contributed by atoms with Gasteiger partial charge in [0.05, 0.1) is 0 Å². The normalized spacial score (nSPS) is 12.2. The Bertz CT molecular complexity index is 1040. The van der Waals surface area contributed by atoms with Crippen molar-refractivity contribution in [3.8, 4) is 0 Å². The molecule has 0 radical (unpaired) electrons. The van der Waals surface area contributed by atoms with Crippen molar-refractivity contribution in [3.05, 3.63) is 138 Å². The number of hydrogen-bond acceptors (Lipinski definition) is 3. The Kier molecular flexibility index (Phi) is 7.74. The summed E-state index contributed by atoms with van der Waals surface area (Å²) in [5, 5.41) is 4.46. The fraction of sp³-hybridized carbons (Fsp3) is 0.138. The summed E-state index contributed by atoms with van der Waals surface area (Å²) in [6.07, 6.45) is 0. The van der Waals surface area contributed by atoms with E-state index in [-0.39, 0.29) is 20.9 Å². The minimum absolute atomic E-state index is 0.114. The number of carbonyl (C=O) groups excluding carboxylic acids is 1. The van der Waals surface area contributed by atoms with Crippen LogP contribution in [-0.2, 0) is 15.1 Å². The first kappa shape index (κ1) is 23.0. The van der Waals surface area contributed by atoms with Gasteiger partial charge in [0.1, 0.15) is 0 Å². The number of esters is 1. The van der Waals surface area contributed by atoms with Gasteiger partial charge in [-0.25, -0.2) is 0 Å². The standard InChI is InChI=1S/C29H27NO2Se/c1-32-28(31)27(22-33-26-20-12-5-13-21-26)30-29(23-14-6-2-7-15-23,24-16-8-3-9-17-24)25-18-10-4-11-19-25/h2-21,27,30H,22H2,1H3/t27-/m0/s1. The third-order valence-corrected chi connectivity index (χ3v) is 7.98. The topological polar surface area (TPSA) is 38.3 Å². The van der Waals surface area contributed by atoms with Gasteiger partial charge in [0, 0.05) is 0 Å². The van der Waals surface area contributed by atoms with Crippen molar-refractivity contribution in [3.63, 3.8) is 0 Å². The first-order valence-corrected chi connectivity index (χ1v) is 13.0. The van der Waals surface area contributed by atoms with Crippen LogP contribution in [-0.4, -0.2) is 34.1 Å². The Hall–Kier alpha value is -3.17. The van der Waals surface area contributed by atoms with Crippen molar-refractivity contribution in [1.82, 2.24) is 5.32 Å². The van der Waals surface area contributed by atoms with Crippen LogP contribution in [0, 0.1) is 0 Å². The van der Waals surface area contributed by atoms with Crippen molar-refractivity contribution >= 4 is 25.4 Å². The zero-order chi connectivity index (χ0) is 22.9. The maximum absolute atomic E-state index is 13.0. The van der Waals surface area contributed by atoms with Crippen LogP contribution < -0.4 is 9.78 Å². The van der Waals surface area contributed by atoms with E-state index in [1.54, 1.807) is 0 Å². The second-order valence-corrected chi connectivity index (χ2v) is 9.99. The molecular formula is C29H27NO2Se. The molecular weight excluding hydrogens is 473 g/mol. The van der Waals surface area contributed by atoms with Crippen molar-refractivity contribution < 1.29 is 9.53 Å². The van der Waals surface area contributed by atoms with Crippen molar-refractivity contribution in [2.45, 2.75) is 16.9 Å². The molecule has 0 heterocycles. The summed E-state index contributed by atoms with van der Waals surface area (Å²) >= 11 is 0.114. The number of methoxy groups -OCH3 is 1. The van der Waals surface area contributed by atoms with Crippen LogP contribution in [0.5, 0.6) is 0 Å². The second kappa shape index (κ2) is 11.1. The number of rotatable bonds is 9. The summed E-state index contributed by atoms with van der Waals surface area (Å²) in [7, 11) is 1.46. The molecule has 0 aromatic heterocycles. The third kappa shape index (κ3) is 5.26. The molecule has 0 saturated carbocycles. The molecule has 1 atom stereocenters. The van der Waals surface area contributed by atoms with Gasteiger partial charge >= 0.3 is 202 Å². The summed E-state index contributed by atoms with van der Waals surface area (Å²) in [6, 6.07) is 40.8. The number of benzene rings is 4. The molecule has 4 heteroatoms. The minimum atomic E-state index is -0.713. The average molecular weight is 501 g/mol. The molecule has 4 aromatic rings. The fourth-order valence-corrected chi connectivity index (χ4v) is 6.03. The van der Waals surface area contributed by atoms with Crippen molar-refractivity contribution in [2.75, 3.05) is 7.11 Å². The second-order valence-electron chi connectivity index (χ2n) is 7.69. The molecule has 0 spiro atoms. The fourth-order valence-electron chi connectivity index (χ4n) is 4.08. The summed E-state index contributed by atoms with van der Waals surface area (Å²) in [5.41, 5.74) is 2.51. The predicted octanol–water partition coefficient (Wildman–Crippen LogP) is 4.56. The van der Waals surface area contributed by atoms with Gasteiger partial charge in [0.2, 0.25) is 0 Å². The average Bonchev–Trinajstić information content (AvgIpc) is 2.91. The molecule has 166 valence electrons. The molecule has 0 amide bonds. The van der Waals surface area contributed by atoms with Crippen LogP contribution in [0.1, 0.15) is 16.7 Å². The molecule has 0 unspecified atom stereocenters. The first-order chi connectivity index (χ1) is 16.2. The van der Waals surface area contributed by atoms with E-state index in [4.69, 9.17) is 4.74 Å². The zero-order valence-electron chi connectivity index (χ0n) is 18.6. The van der Waals surface area contributed by atoms with Crippen molar-refractivity contribution in [2.24, 2.45) is 0 Å². The Morgan fingerprint density at radius 3 is 1.52 bits per heavy atom. The van der Waals surface area contributed by atoms with Crippen LogP contribution in [0.2, 0.25) is 5.32 Å². The van der Waals surface area contributed by atoms with Gasteiger partial charge in [-0.05, 0) is 0 Å². The van der Waals surface area contributed by atoms with E-state index < -0.39 is 11.6 Å². The van der Waals surface area contributed by atoms with Crippen LogP contribution in [0.4, 0.5) is 0 Å². The number of ether oxygens (including phenoxy) is 1. The Labute approximate surface area is 202 Å². The van der Waals surface area contributed by atoms with Gasteiger partial charge in [-0.2, -0.15) is 0 Å². The molecule has 0 aliphatic rings. The monoisotopic (exact) mass is 501 g/mol. The van der Waals surface area contributed by atoms with E-state index >= 15 is 0 Å². The molecule has 0 aliphatic heterocycles. The predicted molar refractivity (Wildman–Crippen MR) is 135 cm³/mol. The van der Waals surface area contributed by atoms with Crippen molar-refractivity contribution in [1.29, 1.82) is 0 Å². The molecule has 4 rings (SSSR count). The van der Waals surface area contributed by atoms with Gasteiger partial charge in [0.25, 0.3) is 0 Å². The van der Waals surface area contributed by atoms with Gasteiger partial charge < -0.3 is 0 Å². The van der Waals surface area contributed by atoms with Crippen LogP contribution in [0.3, 0.4) is 0 Å². The van der Waals surface area contributed by atoms with E-state index in [1.165, 1.54) is 11.6 Å². The van der Waals surface area contributed by atoms with E-state index in [0.717, 1.165) is 16.7 Å². The third-order valence-electron chi connectivity index (χ3n) is 5.66. The molecule has 0 fully saturated rings. The first-order valence-electron chi connectivity index (χ1n) is 10.9. The zero-order valence-corrected chi connectivity index (χ0v) is 20.3. The molecule has 0 saturated heterocycles. The molecule has 3 nitrogen and oxygen atoms in total. The summed E-state index contributed by atoms with van der Waals surface area (Å²) in [5.74, 6) is -0.250. The Morgan fingerprint density at radius 2 is 1.12 bits per heavy atom.